The Bertz CT molecular complexity index is 488. The van der Waals surface area contributed by atoms with Gasteiger partial charge in [0, 0.05) is 12.1 Å². The summed E-state index contributed by atoms with van der Waals surface area (Å²) in [6.45, 7) is 4.52. The lowest BCUT2D eigenvalue weighted by Gasteiger charge is -2.31. The average molecular weight is 312 g/mol. The summed E-state index contributed by atoms with van der Waals surface area (Å²) in [4.78, 5) is 0. The highest BCUT2D eigenvalue weighted by Gasteiger charge is 2.41. The van der Waals surface area contributed by atoms with Gasteiger partial charge < -0.3 is 5.32 Å². The molecule has 0 radical (unpaired) electrons. The van der Waals surface area contributed by atoms with E-state index in [9.17, 15) is 0 Å². The number of benzene rings is 1. The molecule has 2 saturated carbocycles. The van der Waals surface area contributed by atoms with Crippen LogP contribution >= 0.6 is 23.2 Å². The number of rotatable bonds is 4. The van der Waals surface area contributed by atoms with E-state index in [1.54, 1.807) is 0 Å². The maximum atomic E-state index is 6.32. The van der Waals surface area contributed by atoms with Crippen molar-refractivity contribution < 1.29 is 0 Å². The van der Waals surface area contributed by atoms with E-state index in [4.69, 9.17) is 23.2 Å². The Morgan fingerprint density at radius 2 is 1.95 bits per heavy atom. The van der Waals surface area contributed by atoms with E-state index < -0.39 is 0 Å². The van der Waals surface area contributed by atoms with Gasteiger partial charge in [-0.05, 0) is 62.5 Å². The lowest BCUT2D eigenvalue weighted by molar-refractivity contribution is 0.248. The van der Waals surface area contributed by atoms with Crippen molar-refractivity contribution >= 4 is 23.2 Å². The van der Waals surface area contributed by atoms with E-state index in [0.717, 1.165) is 23.3 Å². The molecular formula is C17H23Cl2N. The molecule has 5 atom stereocenters. The first-order valence-electron chi connectivity index (χ1n) is 7.76. The molecule has 110 valence electrons. The monoisotopic (exact) mass is 311 g/mol. The second kappa shape index (κ2) is 5.87. The second-order valence-corrected chi connectivity index (χ2v) is 7.44. The van der Waals surface area contributed by atoms with Gasteiger partial charge in [-0.3, -0.25) is 0 Å². The fourth-order valence-electron chi connectivity index (χ4n) is 4.37. The molecule has 2 aliphatic rings. The van der Waals surface area contributed by atoms with Crippen LogP contribution in [0.1, 0.15) is 51.1 Å². The SMILES string of the molecule is CC(NC(C)C1CC2CCC1C2)c1cccc(Cl)c1Cl. The van der Waals surface area contributed by atoms with Gasteiger partial charge in [0.15, 0.2) is 0 Å². The molecular weight excluding hydrogens is 289 g/mol. The molecule has 3 heteroatoms. The summed E-state index contributed by atoms with van der Waals surface area (Å²) in [6.07, 6.45) is 5.77. The van der Waals surface area contributed by atoms with Crippen LogP contribution in [0.25, 0.3) is 0 Å². The van der Waals surface area contributed by atoms with Gasteiger partial charge in [0.2, 0.25) is 0 Å². The number of halogens is 2. The number of fused-ring (bicyclic) bond motifs is 2. The van der Waals surface area contributed by atoms with Gasteiger partial charge in [0.25, 0.3) is 0 Å². The standard InChI is InChI=1S/C17H23Cl2N/c1-10(14-4-3-5-16(18)17(14)19)20-11(2)15-9-12-6-7-13(15)8-12/h3-5,10-13,15,20H,6-9H2,1-2H3. The fraction of sp³-hybridized carbons (Fsp3) is 0.647. The summed E-state index contributed by atoms with van der Waals surface area (Å²) in [5.74, 6) is 2.79. The number of hydrogen-bond donors (Lipinski definition) is 1. The first-order chi connectivity index (χ1) is 9.56. The van der Waals surface area contributed by atoms with Crippen molar-refractivity contribution in [2.24, 2.45) is 17.8 Å². The zero-order valence-corrected chi connectivity index (χ0v) is 13.7. The second-order valence-electron chi connectivity index (χ2n) is 6.66. The molecule has 5 unspecified atom stereocenters. The first-order valence-corrected chi connectivity index (χ1v) is 8.51. The van der Waals surface area contributed by atoms with Crippen LogP contribution in [0.3, 0.4) is 0 Å². The molecule has 1 nitrogen and oxygen atoms in total. The third kappa shape index (κ3) is 2.73. The topological polar surface area (TPSA) is 12.0 Å². The molecule has 2 bridgehead atoms. The quantitative estimate of drug-likeness (QED) is 0.777. The summed E-state index contributed by atoms with van der Waals surface area (Å²) >= 11 is 12.4. The molecule has 0 amide bonds. The average Bonchev–Trinajstić information content (AvgIpc) is 3.04. The number of hydrogen-bond acceptors (Lipinski definition) is 1. The molecule has 3 rings (SSSR count). The highest BCUT2D eigenvalue weighted by Crippen LogP contribution is 2.49. The van der Waals surface area contributed by atoms with Crippen LogP contribution in [0.15, 0.2) is 18.2 Å². The van der Waals surface area contributed by atoms with Crippen molar-refractivity contribution in [1.29, 1.82) is 0 Å². The molecule has 0 heterocycles. The smallest absolute Gasteiger partial charge is 0.0639 e. The van der Waals surface area contributed by atoms with E-state index in [2.05, 4.69) is 25.2 Å². The van der Waals surface area contributed by atoms with E-state index in [0.29, 0.717) is 16.1 Å². The Morgan fingerprint density at radius 1 is 1.15 bits per heavy atom. The van der Waals surface area contributed by atoms with Crippen LogP contribution in [0.4, 0.5) is 0 Å². The van der Waals surface area contributed by atoms with Gasteiger partial charge in [0.1, 0.15) is 0 Å². The molecule has 1 N–H and O–H groups in total. The molecule has 1 aromatic carbocycles. The van der Waals surface area contributed by atoms with Crippen molar-refractivity contribution in [3.8, 4) is 0 Å². The van der Waals surface area contributed by atoms with Gasteiger partial charge in [-0.25, -0.2) is 0 Å². The van der Waals surface area contributed by atoms with Crippen LogP contribution in [-0.4, -0.2) is 6.04 Å². The summed E-state index contributed by atoms with van der Waals surface area (Å²) in [5, 5.41) is 5.08. The molecule has 20 heavy (non-hydrogen) atoms. The molecule has 1 aromatic rings. The predicted molar refractivity (Wildman–Crippen MR) is 86.4 cm³/mol. The zero-order valence-electron chi connectivity index (χ0n) is 12.2. The van der Waals surface area contributed by atoms with Crippen LogP contribution in [0, 0.1) is 17.8 Å². The third-order valence-electron chi connectivity index (χ3n) is 5.40. The maximum Gasteiger partial charge on any atom is 0.0639 e. The molecule has 0 spiro atoms. The molecule has 0 saturated heterocycles. The Kier molecular flexibility index (Phi) is 4.31. The molecule has 2 fully saturated rings. The van der Waals surface area contributed by atoms with Gasteiger partial charge >= 0.3 is 0 Å². The summed E-state index contributed by atoms with van der Waals surface area (Å²) < 4.78 is 0. The summed E-state index contributed by atoms with van der Waals surface area (Å²) in [6, 6.07) is 6.69. The fourth-order valence-corrected chi connectivity index (χ4v) is 4.84. The van der Waals surface area contributed by atoms with Crippen LogP contribution in [0.2, 0.25) is 10.0 Å². The van der Waals surface area contributed by atoms with Gasteiger partial charge in [-0.1, -0.05) is 41.8 Å². The molecule has 2 aliphatic carbocycles. The Labute approximate surface area is 132 Å². The van der Waals surface area contributed by atoms with E-state index in [-0.39, 0.29) is 6.04 Å². The Hall–Kier alpha value is -0.240. The Balaban J connectivity index is 1.66. The zero-order chi connectivity index (χ0) is 14.3. The van der Waals surface area contributed by atoms with Crippen molar-refractivity contribution in [2.45, 2.75) is 51.6 Å². The van der Waals surface area contributed by atoms with Crippen LogP contribution in [0.5, 0.6) is 0 Å². The van der Waals surface area contributed by atoms with Crippen LogP contribution in [-0.2, 0) is 0 Å². The lowest BCUT2D eigenvalue weighted by atomic mass is 9.83. The van der Waals surface area contributed by atoms with Gasteiger partial charge in [0.05, 0.1) is 10.0 Å². The van der Waals surface area contributed by atoms with Gasteiger partial charge in [-0.2, -0.15) is 0 Å². The molecule has 0 aliphatic heterocycles. The minimum absolute atomic E-state index is 0.246. The lowest BCUT2D eigenvalue weighted by Crippen LogP contribution is -2.37. The minimum Gasteiger partial charge on any atom is -0.307 e. The number of nitrogens with one attached hydrogen (secondary N) is 1. The molecule has 0 aromatic heterocycles. The first kappa shape index (κ1) is 14.7. The van der Waals surface area contributed by atoms with E-state index >= 15 is 0 Å². The van der Waals surface area contributed by atoms with Crippen molar-refractivity contribution in [3.63, 3.8) is 0 Å². The maximum absolute atomic E-state index is 6.32. The van der Waals surface area contributed by atoms with Crippen LogP contribution < -0.4 is 5.32 Å². The van der Waals surface area contributed by atoms with Crippen molar-refractivity contribution in [1.82, 2.24) is 5.32 Å². The largest absolute Gasteiger partial charge is 0.307 e. The third-order valence-corrected chi connectivity index (χ3v) is 6.23. The van der Waals surface area contributed by atoms with E-state index in [1.165, 1.54) is 25.7 Å². The highest BCUT2D eigenvalue weighted by atomic mass is 35.5. The minimum atomic E-state index is 0.246. The van der Waals surface area contributed by atoms with Gasteiger partial charge in [-0.15, -0.1) is 0 Å². The summed E-state index contributed by atoms with van der Waals surface area (Å²) in [5.41, 5.74) is 1.11. The van der Waals surface area contributed by atoms with Crippen molar-refractivity contribution in [3.05, 3.63) is 33.8 Å². The summed E-state index contributed by atoms with van der Waals surface area (Å²) in [7, 11) is 0. The highest BCUT2D eigenvalue weighted by molar-refractivity contribution is 6.42. The van der Waals surface area contributed by atoms with Crippen molar-refractivity contribution in [2.75, 3.05) is 0 Å². The predicted octanol–water partition coefficient (Wildman–Crippen LogP) is 5.47. The normalized spacial score (nSPS) is 31.5. The van der Waals surface area contributed by atoms with E-state index in [1.807, 2.05) is 12.1 Å². The Morgan fingerprint density at radius 3 is 2.60 bits per heavy atom.